The van der Waals surface area contributed by atoms with Gasteiger partial charge in [0, 0.05) is 24.3 Å². The minimum atomic E-state index is 0.498. The third kappa shape index (κ3) is 3.17. The summed E-state index contributed by atoms with van der Waals surface area (Å²) in [5, 5.41) is 0. The summed E-state index contributed by atoms with van der Waals surface area (Å²) in [7, 11) is 2.17. The molecule has 2 rings (SSSR count). The smallest absolute Gasteiger partial charge is 0.142 e. The zero-order valence-corrected chi connectivity index (χ0v) is 10.4. The van der Waals surface area contributed by atoms with Crippen LogP contribution in [0.15, 0.2) is 18.5 Å². The lowest BCUT2D eigenvalue weighted by Gasteiger charge is -2.32. The van der Waals surface area contributed by atoms with E-state index in [2.05, 4.69) is 16.9 Å². The van der Waals surface area contributed by atoms with Gasteiger partial charge in [0.25, 0.3) is 0 Å². The van der Waals surface area contributed by atoms with Crippen molar-refractivity contribution in [3.63, 3.8) is 0 Å². The summed E-state index contributed by atoms with van der Waals surface area (Å²) >= 11 is 0. The van der Waals surface area contributed by atoms with Crippen LogP contribution in [0, 0.1) is 0 Å². The molecule has 0 bridgehead atoms. The number of hydrogen-bond acceptors (Lipinski definition) is 4. The zero-order valence-electron chi connectivity index (χ0n) is 10.4. The molecule has 94 valence electrons. The molecule has 1 unspecified atom stereocenters. The van der Waals surface area contributed by atoms with Crippen molar-refractivity contribution in [2.45, 2.75) is 31.8 Å². The Morgan fingerprint density at radius 2 is 2.41 bits per heavy atom. The minimum absolute atomic E-state index is 0.498. The van der Waals surface area contributed by atoms with E-state index in [0.29, 0.717) is 12.6 Å². The van der Waals surface area contributed by atoms with Gasteiger partial charge in [0.1, 0.15) is 12.4 Å². The van der Waals surface area contributed by atoms with Gasteiger partial charge >= 0.3 is 0 Å². The minimum Gasteiger partial charge on any atom is -0.490 e. The Kier molecular flexibility index (Phi) is 4.34. The number of ether oxygens (including phenoxy) is 1. The van der Waals surface area contributed by atoms with Crippen molar-refractivity contribution in [3.05, 3.63) is 24.0 Å². The van der Waals surface area contributed by atoms with Crippen molar-refractivity contribution in [3.8, 4) is 5.75 Å². The predicted molar refractivity (Wildman–Crippen MR) is 67.9 cm³/mol. The highest BCUT2D eigenvalue weighted by atomic mass is 16.5. The lowest BCUT2D eigenvalue weighted by Crippen LogP contribution is -2.40. The largest absolute Gasteiger partial charge is 0.490 e. The van der Waals surface area contributed by atoms with E-state index in [4.69, 9.17) is 10.5 Å². The average molecular weight is 235 g/mol. The molecule has 1 aliphatic heterocycles. The van der Waals surface area contributed by atoms with E-state index < -0.39 is 0 Å². The fourth-order valence-electron chi connectivity index (χ4n) is 2.25. The van der Waals surface area contributed by atoms with E-state index >= 15 is 0 Å². The van der Waals surface area contributed by atoms with Crippen LogP contribution in [0.25, 0.3) is 0 Å². The Bertz CT molecular complexity index is 356. The van der Waals surface area contributed by atoms with Gasteiger partial charge in [-0.15, -0.1) is 0 Å². The van der Waals surface area contributed by atoms with Gasteiger partial charge in [-0.05, 0) is 32.5 Å². The Morgan fingerprint density at radius 3 is 3.18 bits per heavy atom. The highest BCUT2D eigenvalue weighted by Gasteiger charge is 2.19. The molecular formula is C13H21N3O. The molecule has 4 nitrogen and oxygen atoms in total. The van der Waals surface area contributed by atoms with Crippen LogP contribution in [0.2, 0.25) is 0 Å². The molecule has 1 atom stereocenters. The average Bonchev–Trinajstić information content (AvgIpc) is 2.38. The monoisotopic (exact) mass is 235 g/mol. The van der Waals surface area contributed by atoms with E-state index in [1.807, 2.05) is 6.07 Å². The van der Waals surface area contributed by atoms with Crippen LogP contribution < -0.4 is 10.5 Å². The van der Waals surface area contributed by atoms with Gasteiger partial charge in [-0.25, -0.2) is 0 Å². The number of rotatable bonds is 4. The number of nitrogens with zero attached hydrogens (tertiary/aromatic N) is 2. The van der Waals surface area contributed by atoms with Crippen molar-refractivity contribution in [2.24, 2.45) is 5.73 Å². The van der Waals surface area contributed by atoms with Crippen LogP contribution in [0.3, 0.4) is 0 Å². The summed E-state index contributed by atoms with van der Waals surface area (Å²) in [5.74, 6) is 0.828. The van der Waals surface area contributed by atoms with Crippen molar-refractivity contribution in [2.75, 3.05) is 20.2 Å². The van der Waals surface area contributed by atoms with Crippen LogP contribution in [0.1, 0.15) is 24.8 Å². The molecule has 2 N–H and O–H groups in total. The lowest BCUT2D eigenvalue weighted by molar-refractivity contribution is 0.124. The quantitative estimate of drug-likeness (QED) is 0.857. The number of nitrogens with two attached hydrogens (primary N) is 1. The van der Waals surface area contributed by atoms with E-state index in [1.165, 1.54) is 25.8 Å². The van der Waals surface area contributed by atoms with E-state index in [-0.39, 0.29) is 0 Å². The third-order valence-corrected chi connectivity index (χ3v) is 3.44. The fraction of sp³-hybridized carbons (Fsp3) is 0.615. The molecule has 1 fully saturated rings. The molecular weight excluding hydrogens is 214 g/mol. The molecule has 1 aliphatic rings. The van der Waals surface area contributed by atoms with Gasteiger partial charge in [-0.3, -0.25) is 4.98 Å². The third-order valence-electron chi connectivity index (χ3n) is 3.44. The maximum atomic E-state index is 5.85. The number of likely N-dealkylation sites (tertiary alicyclic amines) is 1. The second kappa shape index (κ2) is 5.98. The first-order chi connectivity index (χ1) is 8.31. The van der Waals surface area contributed by atoms with Gasteiger partial charge in [0.2, 0.25) is 0 Å². The highest BCUT2D eigenvalue weighted by Crippen LogP contribution is 2.19. The number of aromatic nitrogens is 1. The van der Waals surface area contributed by atoms with Crippen molar-refractivity contribution < 1.29 is 4.74 Å². The Morgan fingerprint density at radius 1 is 1.53 bits per heavy atom. The first-order valence-electron chi connectivity index (χ1n) is 6.27. The molecule has 1 aromatic rings. The SMILES string of the molecule is CN1CCCCC1COc1cnccc1CN. The van der Waals surface area contributed by atoms with Crippen LogP contribution in [-0.4, -0.2) is 36.1 Å². The molecule has 0 aromatic carbocycles. The van der Waals surface area contributed by atoms with Crippen molar-refractivity contribution in [1.82, 2.24) is 9.88 Å². The van der Waals surface area contributed by atoms with Crippen LogP contribution >= 0.6 is 0 Å². The molecule has 0 amide bonds. The normalized spacial score (nSPS) is 21.4. The molecule has 17 heavy (non-hydrogen) atoms. The summed E-state index contributed by atoms with van der Waals surface area (Å²) in [6.07, 6.45) is 7.32. The van der Waals surface area contributed by atoms with Gasteiger partial charge < -0.3 is 15.4 Å². The first-order valence-corrected chi connectivity index (χ1v) is 6.27. The molecule has 0 radical (unpaired) electrons. The predicted octanol–water partition coefficient (Wildman–Crippen LogP) is 1.40. The van der Waals surface area contributed by atoms with Gasteiger partial charge in [0.05, 0.1) is 6.20 Å². The molecule has 0 saturated carbocycles. The number of piperidine rings is 1. The zero-order chi connectivity index (χ0) is 12.1. The molecule has 0 spiro atoms. The lowest BCUT2D eigenvalue weighted by atomic mass is 10.0. The van der Waals surface area contributed by atoms with Crippen molar-refractivity contribution in [1.29, 1.82) is 0 Å². The number of pyridine rings is 1. The second-order valence-corrected chi connectivity index (χ2v) is 4.63. The standard InChI is InChI=1S/C13H21N3O/c1-16-7-3-2-4-12(16)10-17-13-9-15-6-5-11(13)8-14/h5-6,9,12H,2-4,7-8,10,14H2,1H3. The molecule has 1 saturated heterocycles. The van der Waals surface area contributed by atoms with E-state index in [9.17, 15) is 0 Å². The van der Waals surface area contributed by atoms with E-state index in [1.54, 1.807) is 12.4 Å². The summed E-state index contributed by atoms with van der Waals surface area (Å²) < 4.78 is 5.85. The molecule has 4 heteroatoms. The maximum Gasteiger partial charge on any atom is 0.142 e. The number of likely N-dealkylation sites (N-methyl/N-ethyl adjacent to an activating group) is 1. The summed E-state index contributed by atoms with van der Waals surface area (Å²) in [6, 6.07) is 2.44. The molecule has 2 heterocycles. The van der Waals surface area contributed by atoms with Crippen molar-refractivity contribution >= 4 is 0 Å². The fourth-order valence-corrected chi connectivity index (χ4v) is 2.25. The van der Waals surface area contributed by atoms with Gasteiger partial charge in [-0.1, -0.05) is 6.42 Å². The van der Waals surface area contributed by atoms with Gasteiger partial charge in [0.15, 0.2) is 0 Å². The van der Waals surface area contributed by atoms with Crippen LogP contribution in [0.5, 0.6) is 5.75 Å². The summed E-state index contributed by atoms with van der Waals surface area (Å²) in [6.45, 7) is 2.40. The van der Waals surface area contributed by atoms with Crippen LogP contribution in [0.4, 0.5) is 0 Å². The Balaban J connectivity index is 1.92. The number of hydrogen-bond donors (Lipinski definition) is 1. The Labute approximate surface area is 103 Å². The van der Waals surface area contributed by atoms with Gasteiger partial charge in [-0.2, -0.15) is 0 Å². The molecule has 0 aliphatic carbocycles. The Hall–Kier alpha value is -1.13. The first kappa shape index (κ1) is 12.3. The molecule has 1 aromatic heterocycles. The highest BCUT2D eigenvalue weighted by molar-refractivity contribution is 5.29. The summed E-state index contributed by atoms with van der Waals surface area (Å²) in [4.78, 5) is 6.46. The topological polar surface area (TPSA) is 51.4 Å². The summed E-state index contributed by atoms with van der Waals surface area (Å²) in [5.41, 5.74) is 6.69. The van der Waals surface area contributed by atoms with Crippen LogP contribution in [-0.2, 0) is 6.54 Å². The second-order valence-electron chi connectivity index (χ2n) is 4.63. The maximum absolute atomic E-state index is 5.85. The van der Waals surface area contributed by atoms with E-state index in [0.717, 1.165) is 17.9 Å².